The monoisotopic (exact) mass is 500 g/mol. The van der Waals surface area contributed by atoms with E-state index in [4.69, 9.17) is 25.8 Å². The van der Waals surface area contributed by atoms with E-state index in [0.717, 1.165) is 31.0 Å². The topological polar surface area (TPSA) is 98.1 Å². The number of anilines is 1. The number of likely N-dealkylation sites (tertiary alicyclic amines) is 1. The SMILES string of the molecule is Cc1cc(OC(=O)Nc2ccccc2OCC(O)CN2CCC(Oc3ccc(Cl)cc3)C2)nn1C. The highest BCUT2D eigenvalue weighted by Gasteiger charge is 2.26. The van der Waals surface area contributed by atoms with Crippen LogP contribution in [0, 0.1) is 6.92 Å². The van der Waals surface area contributed by atoms with E-state index in [-0.39, 0.29) is 18.6 Å². The molecule has 3 aromatic rings. The third kappa shape index (κ3) is 7.11. The zero-order valence-corrected chi connectivity index (χ0v) is 20.4. The number of benzene rings is 2. The molecule has 2 aromatic carbocycles. The summed E-state index contributed by atoms with van der Waals surface area (Å²) in [6.07, 6.45) is -0.451. The van der Waals surface area contributed by atoms with Crippen LogP contribution in [0.5, 0.6) is 17.4 Å². The van der Waals surface area contributed by atoms with Gasteiger partial charge in [0.05, 0.1) is 5.69 Å². The number of aliphatic hydroxyl groups is 1. The molecule has 10 heteroatoms. The number of aromatic nitrogens is 2. The van der Waals surface area contributed by atoms with Crippen LogP contribution in [0.2, 0.25) is 5.02 Å². The van der Waals surface area contributed by atoms with Crippen molar-refractivity contribution in [3.63, 3.8) is 0 Å². The molecule has 2 heterocycles. The Labute approximate surface area is 209 Å². The molecule has 9 nitrogen and oxygen atoms in total. The van der Waals surface area contributed by atoms with Gasteiger partial charge in [-0.25, -0.2) is 4.79 Å². The molecular formula is C25H29ClN4O5. The molecule has 2 N–H and O–H groups in total. The summed E-state index contributed by atoms with van der Waals surface area (Å²) in [7, 11) is 1.77. The second-order valence-electron chi connectivity index (χ2n) is 8.47. The minimum absolute atomic E-state index is 0.0584. The average Bonchev–Trinajstić information content (AvgIpc) is 3.39. The molecule has 186 valence electrons. The maximum Gasteiger partial charge on any atom is 0.418 e. The predicted molar refractivity (Wildman–Crippen MR) is 132 cm³/mol. The van der Waals surface area contributed by atoms with E-state index in [1.54, 1.807) is 54.2 Å². The molecule has 0 saturated carbocycles. The lowest BCUT2D eigenvalue weighted by atomic mass is 10.3. The fraction of sp³-hybridized carbons (Fsp3) is 0.360. The minimum atomic E-state index is -0.708. The van der Waals surface area contributed by atoms with Gasteiger partial charge in [-0.3, -0.25) is 14.9 Å². The molecule has 1 aliphatic rings. The maximum absolute atomic E-state index is 12.3. The first-order valence-corrected chi connectivity index (χ1v) is 11.8. The van der Waals surface area contributed by atoms with Gasteiger partial charge in [-0.05, 0) is 49.7 Å². The minimum Gasteiger partial charge on any atom is -0.489 e. The molecule has 4 rings (SSSR count). The largest absolute Gasteiger partial charge is 0.489 e. The number of hydrogen-bond acceptors (Lipinski definition) is 7. The Morgan fingerprint density at radius 2 is 2.03 bits per heavy atom. The zero-order chi connectivity index (χ0) is 24.8. The maximum atomic E-state index is 12.3. The van der Waals surface area contributed by atoms with Crippen molar-refractivity contribution in [2.75, 3.05) is 31.6 Å². The average molecular weight is 501 g/mol. The molecule has 1 saturated heterocycles. The summed E-state index contributed by atoms with van der Waals surface area (Å²) in [4.78, 5) is 14.4. The number of carbonyl (C=O) groups excluding carboxylic acids is 1. The van der Waals surface area contributed by atoms with E-state index in [1.807, 2.05) is 19.1 Å². The lowest BCUT2D eigenvalue weighted by Gasteiger charge is -2.21. The normalized spacial score (nSPS) is 16.6. The Hall–Kier alpha value is -3.27. The standard InChI is InChI=1S/C25H29ClN4O5/c1-17-13-24(28-29(17)2)35-25(32)27-22-5-3-4-6-23(22)33-16-19(31)14-30-12-11-21(15-30)34-20-9-7-18(26)8-10-20/h3-10,13,19,21,31H,11-12,14-16H2,1-2H3,(H,27,32). The van der Waals surface area contributed by atoms with Gasteiger partial charge in [0.2, 0.25) is 5.88 Å². The van der Waals surface area contributed by atoms with Crippen molar-refractivity contribution < 1.29 is 24.1 Å². The van der Waals surface area contributed by atoms with Crippen LogP contribution in [0.4, 0.5) is 10.5 Å². The van der Waals surface area contributed by atoms with E-state index in [1.165, 1.54) is 0 Å². The smallest absolute Gasteiger partial charge is 0.418 e. The number of hydrogen-bond donors (Lipinski definition) is 2. The summed E-state index contributed by atoms with van der Waals surface area (Å²) in [6.45, 7) is 3.94. The van der Waals surface area contributed by atoms with Crippen molar-refractivity contribution in [2.45, 2.75) is 25.6 Å². The first-order chi connectivity index (χ1) is 16.9. The van der Waals surface area contributed by atoms with Crippen LogP contribution >= 0.6 is 11.6 Å². The summed E-state index contributed by atoms with van der Waals surface area (Å²) < 4.78 is 18.7. The van der Waals surface area contributed by atoms with Crippen LogP contribution in [-0.4, -0.2) is 64.3 Å². The highest BCUT2D eigenvalue weighted by atomic mass is 35.5. The number of aryl methyl sites for hydroxylation is 2. The van der Waals surface area contributed by atoms with Gasteiger partial charge >= 0.3 is 6.09 Å². The number of β-amino-alcohol motifs (C(OH)–C–C–N with tert-alkyl or cyclic N) is 1. The molecule has 0 radical (unpaired) electrons. The molecule has 1 fully saturated rings. The lowest BCUT2D eigenvalue weighted by molar-refractivity contribution is 0.0722. The summed E-state index contributed by atoms with van der Waals surface area (Å²) in [5.74, 6) is 1.43. The number of nitrogens with one attached hydrogen (secondary N) is 1. The van der Waals surface area contributed by atoms with Gasteiger partial charge < -0.3 is 19.3 Å². The predicted octanol–water partition coefficient (Wildman–Crippen LogP) is 3.89. The third-order valence-corrected chi connectivity index (χ3v) is 5.91. The van der Waals surface area contributed by atoms with E-state index < -0.39 is 12.2 Å². The number of ether oxygens (including phenoxy) is 3. The van der Waals surface area contributed by atoms with Crippen LogP contribution in [0.25, 0.3) is 0 Å². The Balaban J connectivity index is 1.23. The van der Waals surface area contributed by atoms with Crippen molar-refractivity contribution in [3.8, 4) is 17.4 Å². The Morgan fingerprint density at radius 1 is 1.26 bits per heavy atom. The van der Waals surface area contributed by atoms with Crippen molar-refractivity contribution in [1.82, 2.24) is 14.7 Å². The number of aliphatic hydroxyl groups excluding tert-OH is 1. The number of halogens is 1. The third-order valence-electron chi connectivity index (χ3n) is 5.66. The zero-order valence-electron chi connectivity index (χ0n) is 19.7. The quantitative estimate of drug-likeness (QED) is 0.460. The van der Waals surface area contributed by atoms with Gasteiger partial charge in [0.25, 0.3) is 0 Å². The van der Waals surface area contributed by atoms with Gasteiger partial charge in [-0.2, -0.15) is 0 Å². The van der Waals surface area contributed by atoms with Crippen LogP contribution in [0.3, 0.4) is 0 Å². The van der Waals surface area contributed by atoms with Gasteiger partial charge in [-0.1, -0.05) is 23.7 Å². The van der Waals surface area contributed by atoms with E-state index in [9.17, 15) is 9.90 Å². The van der Waals surface area contributed by atoms with Crippen LogP contribution in [0.1, 0.15) is 12.1 Å². The van der Waals surface area contributed by atoms with Gasteiger partial charge in [0.15, 0.2) is 0 Å². The number of carbonyl (C=O) groups is 1. The van der Waals surface area contributed by atoms with Gasteiger partial charge in [-0.15, -0.1) is 5.10 Å². The summed E-state index contributed by atoms with van der Waals surface area (Å²) in [5.41, 5.74) is 1.31. The summed E-state index contributed by atoms with van der Waals surface area (Å²) in [6, 6.07) is 16.0. The van der Waals surface area contributed by atoms with Crippen LogP contribution in [-0.2, 0) is 7.05 Å². The molecule has 1 aliphatic heterocycles. The van der Waals surface area contributed by atoms with Crippen molar-refractivity contribution in [3.05, 3.63) is 65.3 Å². The molecule has 1 amide bonds. The number of rotatable bonds is 9. The van der Waals surface area contributed by atoms with Crippen LogP contribution < -0.4 is 19.5 Å². The van der Waals surface area contributed by atoms with E-state index >= 15 is 0 Å². The molecule has 35 heavy (non-hydrogen) atoms. The molecular weight excluding hydrogens is 472 g/mol. The molecule has 2 atom stereocenters. The van der Waals surface area contributed by atoms with Gasteiger partial charge in [0.1, 0.15) is 30.3 Å². The Kier molecular flexibility index (Phi) is 8.12. The van der Waals surface area contributed by atoms with Crippen molar-refractivity contribution in [2.24, 2.45) is 7.05 Å². The second kappa shape index (κ2) is 11.4. The van der Waals surface area contributed by atoms with Crippen LogP contribution in [0.15, 0.2) is 54.6 Å². The summed E-state index contributed by atoms with van der Waals surface area (Å²) >= 11 is 5.92. The number of nitrogens with zero attached hydrogens (tertiary/aromatic N) is 3. The fourth-order valence-electron chi connectivity index (χ4n) is 3.81. The first-order valence-electron chi connectivity index (χ1n) is 11.4. The van der Waals surface area contributed by atoms with E-state index in [2.05, 4.69) is 15.3 Å². The number of amides is 1. The molecule has 0 aliphatic carbocycles. The highest BCUT2D eigenvalue weighted by Crippen LogP contribution is 2.25. The molecule has 0 spiro atoms. The van der Waals surface area contributed by atoms with Gasteiger partial charge in [0, 0.05) is 43.5 Å². The fourth-order valence-corrected chi connectivity index (χ4v) is 3.93. The Morgan fingerprint density at radius 3 is 2.77 bits per heavy atom. The molecule has 1 aromatic heterocycles. The molecule has 2 unspecified atom stereocenters. The van der Waals surface area contributed by atoms with Crippen molar-refractivity contribution in [1.29, 1.82) is 0 Å². The number of para-hydroxylation sites is 2. The second-order valence-corrected chi connectivity index (χ2v) is 8.90. The van der Waals surface area contributed by atoms with E-state index in [0.29, 0.717) is 23.0 Å². The Bertz CT molecular complexity index is 1120. The van der Waals surface area contributed by atoms with Crippen molar-refractivity contribution >= 4 is 23.4 Å². The first kappa shape index (κ1) is 24.8. The summed E-state index contributed by atoms with van der Waals surface area (Å²) in [5, 5.41) is 18.0. The molecule has 0 bridgehead atoms. The highest BCUT2D eigenvalue weighted by molar-refractivity contribution is 6.30. The lowest BCUT2D eigenvalue weighted by Crippen LogP contribution is -2.35.